The third-order valence-corrected chi connectivity index (χ3v) is 6.05. The molecule has 0 unspecified atom stereocenters. The zero-order chi connectivity index (χ0) is 28.5. The molecule has 1 N–H and O–H groups in total. The Balaban J connectivity index is 1.43. The van der Waals surface area contributed by atoms with Crippen LogP contribution in [0.3, 0.4) is 0 Å². The molecule has 2 amide bonds. The average molecular weight is 543 g/mol. The Labute approximate surface area is 223 Å². The molecule has 12 heteroatoms. The van der Waals surface area contributed by atoms with Crippen molar-refractivity contribution in [3.8, 4) is 5.82 Å². The van der Waals surface area contributed by atoms with Gasteiger partial charge in [0.15, 0.2) is 5.82 Å². The molecule has 0 bridgehead atoms. The van der Waals surface area contributed by atoms with Crippen molar-refractivity contribution in [2.45, 2.75) is 52.8 Å². The molecule has 0 atom stereocenters. The van der Waals surface area contributed by atoms with E-state index in [4.69, 9.17) is 4.74 Å². The summed E-state index contributed by atoms with van der Waals surface area (Å²) in [7, 11) is 0. The summed E-state index contributed by atoms with van der Waals surface area (Å²) >= 11 is 0. The Morgan fingerprint density at radius 2 is 1.79 bits per heavy atom. The van der Waals surface area contributed by atoms with Crippen LogP contribution in [0.25, 0.3) is 11.4 Å². The molecule has 0 spiro atoms. The molecule has 206 valence electrons. The third kappa shape index (κ3) is 6.44. The van der Waals surface area contributed by atoms with Gasteiger partial charge in [0.2, 0.25) is 0 Å². The average Bonchev–Trinajstić information content (AvgIpc) is 3.24. The lowest BCUT2D eigenvalue weighted by molar-refractivity contribution is -0.137. The minimum absolute atomic E-state index is 0.160. The molecule has 39 heavy (non-hydrogen) atoms. The largest absolute Gasteiger partial charge is 0.444 e. The standard InChI is InChI=1S/C27H29F3N6O3/c1-16-12-20(14-32-23(16)18-8-10-35(11-9-18)25(38)39-26(3,4)5)34-24(37)21-15-33-36(17(21)2)22-7-6-19(13-31-22)27(28,29)30/h6-8,12-15H,9-11H2,1-5H3,(H,34,37). The van der Waals surface area contributed by atoms with Crippen molar-refractivity contribution in [3.05, 3.63) is 70.9 Å². The van der Waals surface area contributed by atoms with Gasteiger partial charge in [0.05, 0.1) is 40.6 Å². The van der Waals surface area contributed by atoms with Gasteiger partial charge in [-0.2, -0.15) is 18.3 Å². The molecule has 3 aromatic rings. The molecular weight excluding hydrogens is 513 g/mol. The van der Waals surface area contributed by atoms with Crippen LogP contribution in [0.15, 0.2) is 42.9 Å². The van der Waals surface area contributed by atoms with E-state index in [0.29, 0.717) is 30.9 Å². The zero-order valence-electron chi connectivity index (χ0n) is 22.3. The van der Waals surface area contributed by atoms with E-state index in [1.165, 1.54) is 16.9 Å². The van der Waals surface area contributed by atoms with Crippen LogP contribution in [-0.4, -0.2) is 55.3 Å². The highest BCUT2D eigenvalue weighted by molar-refractivity contribution is 6.05. The molecule has 4 rings (SSSR count). The number of ether oxygens (including phenoxy) is 1. The van der Waals surface area contributed by atoms with Crippen molar-refractivity contribution in [3.63, 3.8) is 0 Å². The topological polar surface area (TPSA) is 102 Å². The van der Waals surface area contributed by atoms with Crippen LogP contribution in [-0.2, 0) is 10.9 Å². The van der Waals surface area contributed by atoms with Gasteiger partial charge in [-0.25, -0.2) is 14.5 Å². The predicted molar refractivity (Wildman–Crippen MR) is 138 cm³/mol. The van der Waals surface area contributed by atoms with Crippen LogP contribution in [0, 0.1) is 13.8 Å². The predicted octanol–water partition coefficient (Wildman–Crippen LogP) is 5.57. The lowest BCUT2D eigenvalue weighted by Crippen LogP contribution is -2.39. The monoisotopic (exact) mass is 542 g/mol. The number of carbonyl (C=O) groups is 2. The van der Waals surface area contributed by atoms with Crippen LogP contribution in [0.1, 0.15) is 60.1 Å². The molecule has 0 radical (unpaired) electrons. The summed E-state index contributed by atoms with van der Waals surface area (Å²) in [4.78, 5) is 35.3. The van der Waals surface area contributed by atoms with E-state index in [-0.39, 0.29) is 17.5 Å². The lowest BCUT2D eigenvalue weighted by atomic mass is 10.0. The van der Waals surface area contributed by atoms with Crippen molar-refractivity contribution in [1.82, 2.24) is 24.6 Å². The number of alkyl halides is 3. The van der Waals surface area contributed by atoms with Gasteiger partial charge in [0, 0.05) is 19.3 Å². The minimum atomic E-state index is -4.49. The maximum atomic E-state index is 12.9. The van der Waals surface area contributed by atoms with Gasteiger partial charge in [-0.1, -0.05) is 6.08 Å². The number of pyridine rings is 2. The molecule has 0 aromatic carbocycles. The van der Waals surface area contributed by atoms with E-state index < -0.39 is 23.2 Å². The Morgan fingerprint density at radius 1 is 1.05 bits per heavy atom. The zero-order valence-corrected chi connectivity index (χ0v) is 22.3. The van der Waals surface area contributed by atoms with Crippen molar-refractivity contribution < 1.29 is 27.5 Å². The highest BCUT2D eigenvalue weighted by atomic mass is 19.4. The Morgan fingerprint density at radius 3 is 2.36 bits per heavy atom. The number of anilines is 1. The molecule has 1 aliphatic heterocycles. The number of hydrogen-bond acceptors (Lipinski definition) is 6. The normalized spacial score (nSPS) is 14.2. The number of nitrogens with one attached hydrogen (secondary N) is 1. The smallest absolute Gasteiger partial charge is 0.417 e. The second-order valence-corrected chi connectivity index (χ2v) is 10.2. The van der Waals surface area contributed by atoms with E-state index in [1.54, 1.807) is 24.1 Å². The highest BCUT2D eigenvalue weighted by Gasteiger charge is 2.31. The van der Waals surface area contributed by atoms with Crippen molar-refractivity contribution in [2.24, 2.45) is 0 Å². The summed E-state index contributed by atoms with van der Waals surface area (Å²) < 4.78 is 45.2. The first-order valence-corrected chi connectivity index (χ1v) is 12.3. The fraction of sp³-hybridized carbons (Fsp3) is 0.370. The van der Waals surface area contributed by atoms with Gasteiger partial charge in [-0.05, 0) is 70.4 Å². The van der Waals surface area contributed by atoms with E-state index in [1.807, 2.05) is 33.8 Å². The van der Waals surface area contributed by atoms with E-state index in [2.05, 4.69) is 20.4 Å². The Kier molecular flexibility index (Phi) is 7.49. The number of halogens is 3. The Bertz CT molecular complexity index is 1420. The number of aryl methyl sites for hydroxylation is 1. The van der Waals surface area contributed by atoms with Crippen LogP contribution in [0.5, 0.6) is 0 Å². The molecule has 3 aromatic heterocycles. The number of rotatable bonds is 4. The molecule has 4 heterocycles. The summed E-state index contributed by atoms with van der Waals surface area (Å²) in [5.74, 6) is -0.281. The van der Waals surface area contributed by atoms with Crippen LogP contribution in [0.2, 0.25) is 0 Å². The second-order valence-electron chi connectivity index (χ2n) is 10.2. The first kappa shape index (κ1) is 27.8. The van der Waals surface area contributed by atoms with E-state index in [0.717, 1.165) is 29.1 Å². The number of nitrogens with zero attached hydrogens (tertiary/aromatic N) is 5. The number of aromatic nitrogens is 4. The fourth-order valence-corrected chi connectivity index (χ4v) is 4.10. The lowest BCUT2D eigenvalue weighted by Gasteiger charge is -2.29. The number of amides is 2. The van der Waals surface area contributed by atoms with Gasteiger partial charge < -0.3 is 15.0 Å². The summed E-state index contributed by atoms with van der Waals surface area (Å²) in [5, 5.41) is 6.92. The van der Waals surface area contributed by atoms with Gasteiger partial charge in [-0.3, -0.25) is 9.78 Å². The third-order valence-electron chi connectivity index (χ3n) is 6.05. The summed E-state index contributed by atoms with van der Waals surface area (Å²) in [6.07, 6.45) is 1.34. The summed E-state index contributed by atoms with van der Waals surface area (Å²) in [6.45, 7) is 9.93. The van der Waals surface area contributed by atoms with Gasteiger partial charge in [0.1, 0.15) is 5.60 Å². The fourth-order valence-electron chi connectivity index (χ4n) is 4.10. The molecule has 1 aliphatic rings. The minimum Gasteiger partial charge on any atom is -0.444 e. The molecule has 9 nitrogen and oxygen atoms in total. The quantitative estimate of drug-likeness (QED) is 0.462. The summed E-state index contributed by atoms with van der Waals surface area (Å²) in [5.41, 5.74) is 2.36. The maximum Gasteiger partial charge on any atom is 0.417 e. The van der Waals surface area contributed by atoms with Gasteiger partial charge in [0.25, 0.3) is 5.91 Å². The molecule has 0 saturated carbocycles. The number of carbonyl (C=O) groups excluding carboxylic acids is 2. The second kappa shape index (κ2) is 10.5. The van der Waals surface area contributed by atoms with Crippen LogP contribution in [0.4, 0.5) is 23.7 Å². The SMILES string of the molecule is Cc1cc(NC(=O)c2cnn(-c3ccc(C(F)(F)F)cn3)c2C)cnc1C1=CCN(C(=O)OC(C)(C)C)CC1. The van der Waals surface area contributed by atoms with Crippen molar-refractivity contribution in [1.29, 1.82) is 0 Å². The van der Waals surface area contributed by atoms with Crippen LogP contribution >= 0.6 is 0 Å². The highest BCUT2D eigenvalue weighted by Crippen LogP contribution is 2.29. The molecule has 0 saturated heterocycles. The van der Waals surface area contributed by atoms with E-state index in [9.17, 15) is 22.8 Å². The maximum absolute atomic E-state index is 12.9. The first-order valence-electron chi connectivity index (χ1n) is 12.3. The summed E-state index contributed by atoms with van der Waals surface area (Å²) in [6, 6.07) is 3.91. The molecule has 0 fully saturated rings. The molecule has 0 aliphatic carbocycles. The van der Waals surface area contributed by atoms with Crippen molar-refractivity contribution >= 4 is 23.3 Å². The number of hydrogen-bond donors (Lipinski definition) is 1. The van der Waals surface area contributed by atoms with Crippen molar-refractivity contribution in [2.75, 3.05) is 18.4 Å². The van der Waals surface area contributed by atoms with Gasteiger partial charge >= 0.3 is 12.3 Å². The first-order chi connectivity index (χ1) is 18.2. The Hall–Kier alpha value is -4.22. The van der Waals surface area contributed by atoms with Crippen LogP contribution < -0.4 is 5.32 Å². The van der Waals surface area contributed by atoms with Gasteiger partial charge in [-0.15, -0.1) is 0 Å². The van der Waals surface area contributed by atoms with E-state index >= 15 is 0 Å². The molecular formula is C27H29F3N6O3.